The molecule has 0 saturated heterocycles. The van der Waals surface area contributed by atoms with E-state index in [1.165, 1.54) is 24.8 Å². The van der Waals surface area contributed by atoms with Gasteiger partial charge in [0, 0.05) is 0 Å². The van der Waals surface area contributed by atoms with Crippen molar-refractivity contribution < 1.29 is 4.74 Å². The summed E-state index contributed by atoms with van der Waals surface area (Å²) in [5.41, 5.74) is 1.47. The van der Waals surface area contributed by atoms with Crippen molar-refractivity contribution in [1.82, 2.24) is 5.32 Å². The number of rotatable bonds is 5. The fourth-order valence-corrected chi connectivity index (χ4v) is 2.47. The average molecular weight is 219 g/mol. The second kappa shape index (κ2) is 5.35. The van der Waals surface area contributed by atoms with Crippen LogP contribution in [0.2, 0.25) is 0 Å². The molecule has 0 atom stereocenters. The molecule has 0 bridgehead atoms. The number of ether oxygens (including phenoxy) is 1. The van der Waals surface area contributed by atoms with Crippen molar-refractivity contribution in [3.8, 4) is 5.75 Å². The molecule has 0 heterocycles. The Balaban J connectivity index is 1.82. The molecular formula is C14H21NO. The maximum Gasteiger partial charge on any atom is 0.118 e. The number of hydrogen-bond acceptors (Lipinski definition) is 2. The summed E-state index contributed by atoms with van der Waals surface area (Å²) in [5, 5.41) is 3.22. The van der Waals surface area contributed by atoms with Gasteiger partial charge in [0.25, 0.3) is 0 Å². The first-order chi connectivity index (χ1) is 7.83. The van der Waals surface area contributed by atoms with Crippen LogP contribution in [-0.4, -0.2) is 20.7 Å². The third-order valence-electron chi connectivity index (χ3n) is 3.63. The van der Waals surface area contributed by atoms with Crippen LogP contribution in [0.4, 0.5) is 0 Å². The molecular weight excluding hydrogens is 198 g/mol. The minimum Gasteiger partial charge on any atom is -0.497 e. The van der Waals surface area contributed by atoms with Crippen molar-refractivity contribution in [2.75, 3.05) is 20.7 Å². The fraction of sp³-hybridized carbons (Fsp3) is 0.571. The van der Waals surface area contributed by atoms with E-state index < -0.39 is 0 Å². The zero-order chi connectivity index (χ0) is 11.4. The topological polar surface area (TPSA) is 21.3 Å². The predicted octanol–water partition coefficient (Wildman–Crippen LogP) is 2.80. The number of nitrogens with one attached hydrogen (secondary N) is 1. The van der Waals surface area contributed by atoms with Gasteiger partial charge in [0.15, 0.2) is 0 Å². The minimum atomic E-state index is 0.785. The highest BCUT2D eigenvalue weighted by atomic mass is 16.5. The zero-order valence-electron chi connectivity index (χ0n) is 10.2. The molecule has 1 aliphatic carbocycles. The van der Waals surface area contributed by atoms with Crippen molar-refractivity contribution >= 4 is 0 Å². The van der Waals surface area contributed by atoms with E-state index in [2.05, 4.69) is 29.6 Å². The molecule has 1 aromatic carbocycles. The Hall–Kier alpha value is -1.02. The lowest BCUT2D eigenvalue weighted by Gasteiger charge is -2.35. The van der Waals surface area contributed by atoms with Crippen molar-refractivity contribution in [3.63, 3.8) is 0 Å². The summed E-state index contributed by atoms with van der Waals surface area (Å²) in [5.74, 6) is 2.67. The van der Waals surface area contributed by atoms with E-state index in [4.69, 9.17) is 4.74 Å². The number of methoxy groups -OCH3 is 1. The van der Waals surface area contributed by atoms with E-state index in [-0.39, 0.29) is 0 Å². The predicted molar refractivity (Wildman–Crippen MR) is 67.0 cm³/mol. The average Bonchev–Trinajstić information content (AvgIpc) is 2.28. The third-order valence-corrected chi connectivity index (χ3v) is 3.63. The lowest BCUT2D eigenvalue weighted by molar-refractivity contribution is 0.247. The van der Waals surface area contributed by atoms with Crippen LogP contribution in [0.15, 0.2) is 24.3 Å². The van der Waals surface area contributed by atoms with Crippen LogP contribution in [0.5, 0.6) is 5.75 Å². The highest BCUT2D eigenvalue weighted by molar-refractivity contribution is 5.30. The molecule has 16 heavy (non-hydrogen) atoms. The van der Waals surface area contributed by atoms with E-state index in [0.29, 0.717) is 0 Å². The molecule has 1 saturated carbocycles. The van der Waals surface area contributed by atoms with Crippen molar-refractivity contribution in [3.05, 3.63) is 29.8 Å². The molecule has 1 aliphatic rings. The maximum atomic E-state index is 5.17. The van der Waals surface area contributed by atoms with Crippen LogP contribution in [0.25, 0.3) is 0 Å². The molecule has 0 aromatic heterocycles. The molecule has 1 fully saturated rings. The SMILES string of the molecule is CNCCC1CC(c2ccc(OC)cc2)C1. The first-order valence-corrected chi connectivity index (χ1v) is 6.12. The van der Waals surface area contributed by atoms with Gasteiger partial charge in [-0.25, -0.2) is 0 Å². The monoisotopic (exact) mass is 219 g/mol. The molecule has 2 rings (SSSR count). The Bertz CT molecular complexity index is 314. The van der Waals surface area contributed by atoms with E-state index in [9.17, 15) is 0 Å². The van der Waals surface area contributed by atoms with Gasteiger partial charge in [0.1, 0.15) is 5.75 Å². The minimum absolute atomic E-state index is 0.785. The highest BCUT2D eigenvalue weighted by Crippen LogP contribution is 2.43. The third kappa shape index (κ3) is 2.56. The summed E-state index contributed by atoms with van der Waals surface area (Å²) in [4.78, 5) is 0. The standard InChI is InChI=1S/C14H21NO/c1-15-8-7-11-9-13(10-11)12-3-5-14(16-2)6-4-12/h3-6,11,13,15H,7-10H2,1-2H3. The Morgan fingerprint density at radius 2 is 1.94 bits per heavy atom. The van der Waals surface area contributed by atoms with E-state index >= 15 is 0 Å². The smallest absolute Gasteiger partial charge is 0.118 e. The van der Waals surface area contributed by atoms with Gasteiger partial charge in [-0.3, -0.25) is 0 Å². The molecule has 0 spiro atoms. The fourth-order valence-electron chi connectivity index (χ4n) is 2.47. The van der Waals surface area contributed by atoms with Gasteiger partial charge >= 0.3 is 0 Å². The Morgan fingerprint density at radius 3 is 2.50 bits per heavy atom. The Labute approximate surface area is 98.0 Å². The van der Waals surface area contributed by atoms with Gasteiger partial charge in [-0.1, -0.05) is 12.1 Å². The van der Waals surface area contributed by atoms with Crippen molar-refractivity contribution in [1.29, 1.82) is 0 Å². The highest BCUT2D eigenvalue weighted by Gasteiger charge is 2.29. The first-order valence-electron chi connectivity index (χ1n) is 6.12. The summed E-state index contributed by atoms with van der Waals surface area (Å²) < 4.78 is 5.17. The number of hydrogen-bond donors (Lipinski definition) is 1. The van der Waals surface area contributed by atoms with Gasteiger partial charge in [-0.15, -0.1) is 0 Å². The maximum absolute atomic E-state index is 5.17. The van der Waals surface area contributed by atoms with Gasteiger partial charge in [0.05, 0.1) is 7.11 Å². The molecule has 0 unspecified atom stereocenters. The Morgan fingerprint density at radius 1 is 1.25 bits per heavy atom. The van der Waals surface area contributed by atoms with Crippen LogP contribution < -0.4 is 10.1 Å². The second-order valence-corrected chi connectivity index (χ2v) is 4.70. The van der Waals surface area contributed by atoms with E-state index in [1.54, 1.807) is 7.11 Å². The van der Waals surface area contributed by atoms with Crippen LogP contribution in [-0.2, 0) is 0 Å². The summed E-state index contributed by atoms with van der Waals surface area (Å²) in [6, 6.07) is 8.54. The molecule has 88 valence electrons. The van der Waals surface area contributed by atoms with E-state index in [1.807, 2.05) is 7.05 Å². The molecule has 2 nitrogen and oxygen atoms in total. The summed E-state index contributed by atoms with van der Waals surface area (Å²) in [7, 11) is 3.74. The second-order valence-electron chi connectivity index (χ2n) is 4.70. The lowest BCUT2D eigenvalue weighted by Crippen LogP contribution is -2.25. The molecule has 0 amide bonds. The largest absolute Gasteiger partial charge is 0.497 e. The summed E-state index contributed by atoms with van der Waals surface area (Å²) >= 11 is 0. The van der Waals surface area contributed by atoms with E-state index in [0.717, 1.165) is 24.1 Å². The zero-order valence-corrected chi connectivity index (χ0v) is 10.2. The van der Waals surface area contributed by atoms with Crippen LogP contribution in [0.1, 0.15) is 30.7 Å². The van der Waals surface area contributed by atoms with Gasteiger partial charge < -0.3 is 10.1 Å². The van der Waals surface area contributed by atoms with Crippen LogP contribution in [0.3, 0.4) is 0 Å². The first kappa shape index (κ1) is 11.5. The summed E-state index contributed by atoms with van der Waals surface area (Å²) in [6.07, 6.45) is 4.03. The van der Waals surface area contributed by atoms with Gasteiger partial charge in [-0.05, 0) is 62.4 Å². The molecule has 1 N–H and O–H groups in total. The quantitative estimate of drug-likeness (QED) is 0.822. The summed E-state index contributed by atoms with van der Waals surface area (Å²) in [6.45, 7) is 1.15. The normalized spacial score (nSPS) is 23.9. The van der Waals surface area contributed by atoms with Gasteiger partial charge in [0.2, 0.25) is 0 Å². The molecule has 2 heteroatoms. The van der Waals surface area contributed by atoms with Crippen LogP contribution in [0, 0.1) is 5.92 Å². The van der Waals surface area contributed by atoms with Crippen LogP contribution >= 0.6 is 0 Å². The molecule has 0 radical (unpaired) electrons. The molecule has 0 aliphatic heterocycles. The van der Waals surface area contributed by atoms with Crippen molar-refractivity contribution in [2.24, 2.45) is 5.92 Å². The van der Waals surface area contributed by atoms with Gasteiger partial charge in [-0.2, -0.15) is 0 Å². The lowest BCUT2D eigenvalue weighted by atomic mass is 9.70. The van der Waals surface area contributed by atoms with Crippen molar-refractivity contribution in [2.45, 2.75) is 25.2 Å². The molecule has 1 aromatic rings. The number of benzene rings is 1. The Kier molecular flexibility index (Phi) is 3.83.